The van der Waals surface area contributed by atoms with Crippen LogP contribution in [0, 0.1) is 5.82 Å². The largest absolute Gasteiger partial charge is 0.493 e. The molecular weight excluding hydrogens is 461 g/mol. The molecule has 3 rings (SSSR count). The van der Waals surface area contributed by atoms with Crippen LogP contribution in [-0.4, -0.2) is 25.1 Å². The third kappa shape index (κ3) is 6.32. The van der Waals surface area contributed by atoms with Gasteiger partial charge in [-0.2, -0.15) is 5.10 Å². The third-order valence-electron chi connectivity index (χ3n) is 4.85. The molecule has 0 saturated heterocycles. The smallest absolute Gasteiger partial charge is 0.329 e. The Labute approximate surface area is 201 Å². The predicted molar refractivity (Wildman–Crippen MR) is 129 cm³/mol. The summed E-state index contributed by atoms with van der Waals surface area (Å²) >= 11 is 6.07. The maximum atomic E-state index is 14.1. The van der Waals surface area contributed by atoms with Gasteiger partial charge in [0, 0.05) is 16.8 Å². The van der Waals surface area contributed by atoms with Crippen LogP contribution in [0.4, 0.5) is 10.1 Å². The van der Waals surface area contributed by atoms with E-state index in [4.69, 9.17) is 21.1 Å². The summed E-state index contributed by atoms with van der Waals surface area (Å²) in [7, 11) is 1.46. The van der Waals surface area contributed by atoms with Crippen molar-refractivity contribution >= 4 is 35.3 Å². The van der Waals surface area contributed by atoms with E-state index in [-0.39, 0.29) is 22.9 Å². The monoisotopic (exact) mass is 483 g/mol. The molecule has 3 aromatic rings. The standard InChI is InChI=1S/C25H23ClFN3O4/c1-3-16-10-12-18(13-11-16)29-24(31)25(32)30-28-14-17-6-4-9-22(33-2)23(17)34-15-19-20(26)7-5-8-21(19)27/h4-14H,3,15H2,1-2H3,(H,29,31)(H,30,32)/b28-14-. The number of hydrazone groups is 1. The SMILES string of the molecule is CCc1ccc(NC(=O)C(=O)N/N=C\c2cccc(OC)c2OCc2c(F)cccc2Cl)cc1. The zero-order valence-electron chi connectivity index (χ0n) is 18.6. The van der Waals surface area contributed by atoms with Crippen LogP contribution in [0.1, 0.15) is 23.6 Å². The number of methoxy groups -OCH3 is 1. The number of nitrogens with zero attached hydrogens (tertiary/aromatic N) is 1. The molecule has 176 valence electrons. The number of anilines is 1. The third-order valence-corrected chi connectivity index (χ3v) is 5.20. The normalized spacial score (nSPS) is 10.7. The number of nitrogens with one attached hydrogen (secondary N) is 2. The number of para-hydroxylation sites is 1. The van der Waals surface area contributed by atoms with Gasteiger partial charge in [-0.3, -0.25) is 9.59 Å². The van der Waals surface area contributed by atoms with Crippen LogP contribution in [0.5, 0.6) is 11.5 Å². The van der Waals surface area contributed by atoms with E-state index in [9.17, 15) is 14.0 Å². The van der Waals surface area contributed by atoms with Crippen molar-refractivity contribution in [1.29, 1.82) is 0 Å². The van der Waals surface area contributed by atoms with Crippen LogP contribution < -0.4 is 20.2 Å². The Bertz CT molecular complexity index is 1180. The second-order valence-electron chi connectivity index (χ2n) is 7.07. The van der Waals surface area contributed by atoms with Gasteiger partial charge in [-0.05, 0) is 48.4 Å². The zero-order chi connectivity index (χ0) is 24.5. The van der Waals surface area contributed by atoms with Crippen LogP contribution in [0.25, 0.3) is 0 Å². The molecule has 2 N–H and O–H groups in total. The molecule has 3 aromatic carbocycles. The molecule has 0 heterocycles. The van der Waals surface area contributed by atoms with E-state index in [1.807, 2.05) is 19.1 Å². The van der Waals surface area contributed by atoms with E-state index in [1.165, 1.54) is 25.5 Å². The lowest BCUT2D eigenvalue weighted by molar-refractivity contribution is -0.136. The molecule has 0 aliphatic carbocycles. The number of amides is 2. The summed E-state index contributed by atoms with van der Waals surface area (Å²) in [4.78, 5) is 24.2. The average molecular weight is 484 g/mol. The van der Waals surface area contributed by atoms with Crippen molar-refractivity contribution in [3.63, 3.8) is 0 Å². The fourth-order valence-electron chi connectivity index (χ4n) is 2.99. The second-order valence-corrected chi connectivity index (χ2v) is 7.48. The summed E-state index contributed by atoms with van der Waals surface area (Å²) in [5.74, 6) is -1.67. The van der Waals surface area contributed by atoms with Crippen LogP contribution in [0.2, 0.25) is 5.02 Å². The molecule has 0 spiro atoms. The molecule has 0 aromatic heterocycles. The van der Waals surface area contributed by atoms with Gasteiger partial charge in [0.2, 0.25) is 0 Å². The summed E-state index contributed by atoms with van der Waals surface area (Å²) in [5.41, 5.74) is 4.40. The molecule has 34 heavy (non-hydrogen) atoms. The lowest BCUT2D eigenvalue weighted by Gasteiger charge is -2.14. The summed E-state index contributed by atoms with van der Waals surface area (Å²) in [6.45, 7) is 1.87. The van der Waals surface area contributed by atoms with Crippen molar-refractivity contribution in [3.8, 4) is 11.5 Å². The van der Waals surface area contributed by atoms with Gasteiger partial charge in [0.1, 0.15) is 12.4 Å². The van der Waals surface area contributed by atoms with Crippen molar-refractivity contribution in [2.45, 2.75) is 20.0 Å². The van der Waals surface area contributed by atoms with Crippen molar-refractivity contribution in [3.05, 3.63) is 88.2 Å². The molecular formula is C25H23ClFN3O4. The zero-order valence-corrected chi connectivity index (χ0v) is 19.4. The van der Waals surface area contributed by atoms with Crippen LogP contribution in [0.3, 0.4) is 0 Å². The van der Waals surface area contributed by atoms with Gasteiger partial charge in [0.05, 0.1) is 18.3 Å². The number of halogens is 2. The summed E-state index contributed by atoms with van der Waals surface area (Å²) in [6, 6.07) is 16.5. The topological polar surface area (TPSA) is 89.0 Å². The molecule has 0 fully saturated rings. The molecule has 0 atom stereocenters. The van der Waals surface area contributed by atoms with E-state index in [0.717, 1.165) is 12.0 Å². The van der Waals surface area contributed by atoms with Crippen LogP contribution in [-0.2, 0) is 22.6 Å². The minimum atomic E-state index is -0.945. The van der Waals surface area contributed by atoms with Gasteiger partial charge in [0.15, 0.2) is 11.5 Å². The highest BCUT2D eigenvalue weighted by Gasteiger charge is 2.15. The maximum Gasteiger partial charge on any atom is 0.329 e. The quantitative estimate of drug-likeness (QED) is 0.276. The fourth-order valence-corrected chi connectivity index (χ4v) is 3.20. The molecule has 2 amide bonds. The number of ether oxygens (including phenoxy) is 2. The van der Waals surface area contributed by atoms with Gasteiger partial charge < -0.3 is 14.8 Å². The van der Waals surface area contributed by atoms with Gasteiger partial charge in [0.25, 0.3) is 0 Å². The number of aryl methyl sites for hydroxylation is 1. The molecule has 0 radical (unpaired) electrons. The first-order chi connectivity index (χ1) is 16.4. The second kappa shape index (κ2) is 11.8. The van der Waals surface area contributed by atoms with E-state index < -0.39 is 17.6 Å². The van der Waals surface area contributed by atoms with E-state index >= 15 is 0 Å². The Kier molecular flexibility index (Phi) is 8.59. The van der Waals surface area contributed by atoms with Crippen molar-refractivity contribution < 1.29 is 23.5 Å². The fraction of sp³-hybridized carbons (Fsp3) is 0.160. The van der Waals surface area contributed by atoms with Crippen LogP contribution >= 0.6 is 11.6 Å². The summed E-state index contributed by atoms with van der Waals surface area (Å²) in [5, 5.41) is 6.57. The molecule has 7 nitrogen and oxygen atoms in total. The van der Waals surface area contributed by atoms with Crippen molar-refractivity contribution in [2.24, 2.45) is 5.10 Å². The van der Waals surface area contributed by atoms with Gasteiger partial charge >= 0.3 is 11.8 Å². The molecule has 0 aliphatic heterocycles. The highest BCUT2D eigenvalue weighted by Crippen LogP contribution is 2.32. The Balaban J connectivity index is 1.67. The summed E-state index contributed by atoms with van der Waals surface area (Å²) in [6.07, 6.45) is 2.16. The van der Waals surface area contributed by atoms with Crippen LogP contribution in [0.15, 0.2) is 65.8 Å². The van der Waals surface area contributed by atoms with Gasteiger partial charge in [-0.15, -0.1) is 0 Å². The Morgan fingerprint density at radius 2 is 1.79 bits per heavy atom. The number of hydrogen-bond acceptors (Lipinski definition) is 5. The maximum absolute atomic E-state index is 14.1. The highest BCUT2D eigenvalue weighted by atomic mass is 35.5. The number of carbonyl (C=O) groups excluding carboxylic acids is 2. The first-order valence-corrected chi connectivity index (χ1v) is 10.8. The number of carbonyl (C=O) groups is 2. The van der Waals surface area contributed by atoms with E-state index in [2.05, 4.69) is 15.8 Å². The lowest BCUT2D eigenvalue weighted by atomic mass is 10.1. The minimum Gasteiger partial charge on any atom is -0.493 e. The summed E-state index contributed by atoms with van der Waals surface area (Å²) < 4.78 is 25.2. The first-order valence-electron chi connectivity index (χ1n) is 10.4. The van der Waals surface area contributed by atoms with Crippen molar-refractivity contribution in [2.75, 3.05) is 12.4 Å². The number of benzene rings is 3. The Morgan fingerprint density at radius 1 is 1.06 bits per heavy atom. The molecule has 9 heteroatoms. The van der Waals surface area contributed by atoms with Gasteiger partial charge in [-0.1, -0.05) is 42.8 Å². The average Bonchev–Trinajstić information content (AvgIpc) is 2.84. The van der Waals surface area contributed by atoms with E-state index in [0.29, 0.717) is 17.0 Å². The number of rotatable bonds is 8. The molecule has 0 aliphatic rings. The molecule has 0 saturated carbocycles. The molecule has 0 unspecified atom stereocenters. The Morgan fingerprint density at radius 3 is 2.47 bits per heavy atom. The predicted octanol–water partition coefficient (Wildman–Crippen LogP) is 4.72. The first kappa shape index (κ1) is 24.7. The van der Waals surface area contributed by atoms with E-state index in [1.54, 1.807) is 36.4 Å². The number of hydrogen-bond donors (Lipinski definition) is 2. The highest BCUT2D eigenvalue weighted by molar-refractivity contribution is 6.39. The van der Waals surface area contributed by atoms with Crippen molar-refractivity contribution in [1.82, 2.24) is 5.43 Å². The molecule has 0 bridgehead atoms. The lowest BCUT2D eigenvalue weighted by Crippen LogP contribution is -2.32. The Hall–Kier alpha value is -3.91. The minimum absolute atomic E-state index is 0.154. The van der Waals surface area contributed by atoms with Gasteiger partial charge in [-0.25, -0.2) is 9.82 Å².